The first-order valence-corrected chi connectivity index (χ1v) is 6.37. The normalized spacial score (nSPS) is 12.1. The minimum Gasteiger partial charge on any atom is -0.477 e. The number of hydrogen-bond acceptors (Lipinski definition) is 4. The van der Waals surface area contributed by atoms with Gasteiger partial charge < -0.3 is 9.84 Å². The Bertz CT molecular complexity index is 599. The lowest BCUT2D eigenvalue weighted by Gasteiger charge is -2.16. The van der Waals surface area contributed by atoms with Gasteiger partial charge in [0.2, 0.25) is 0 Å². The fourth-order valence-corrected chi connectivity index (χ4v) is 1.93. The van der Waals surface area contributed by atoms with E-state index in [0.717, 1.165) is 5.56 Å². The number of rotatable bonds is 5. The second-order valence-electron chi connectivity index (χ2n) is 4.30. The molecule has 1 unspecified atom stereocenters. The third kappa shape index (κ3) is 3.19. The van der Waals surface area contributed by atoms with Crippen LogP contribution < -0.4 is 0 Å². The summed E-state index contributed by atoms with van der Waals surface area (Å²) < 4.78 is 5.69. The van der Waals surface area contributed by atoms with Crippen LogP contribution >= 0.6 is 0 Å². The van der Waals surface area contributed by atoms with Crippen LogP contribution in [0.2, 0.25) is 0 Å². The largest absolute Gasteiger partial charge is 0.477 e. The van der Waals surface area contributed by atoms with Crippen LogP contribution in [0.25, 0.3) is 0 Å². The van der Waals surface area contributed by atoms with Crippen LogP contribution in [0.15, 0.2) is 36.4 Å². The molecule has 0 spiro atoms. The topological polar surface area (TPSA) is 72.3 Å². The van der Waals surface area contributed by atoms with Crippen molar-refractivity contribution in [3.63, 3.8) is 0 Å². The third-order valence-corrected chi connectivity index (χ3v) is 2.76. The predicted octanol–water partition coefficient (Wildman–Crippen LogP) is 2.61. The standard InChI is InChI=1S/C15H16N2O3/c1-3-20-13(11-7-5-4-6-8-11)14-16-10(2)9-12(17-14)15(18)19/h4-9,13H,3H2,1-2H3,(H,18,19). The van der Waals surface area contributed by atoms with Crippen molar-refractivity contribution in [1.29, 1.82) is 0 Å². The summed E-state index contributed by atoms with van der Waals surface area (Å²) >= 11 is 0. The van der Waals surface area contributed by atoms with E-state index in [1.165, 1.54) is 6.07 Å². The van der Waals surface area contributed by atoms with E-state index in [4.69, 9.17) is 9.84 Å². The summed E-state index contributed by atoms with van der Waals surface area (Å²) in [5.41, 5.74) is 1.48. The Hall–Kier alpha value is -2.27. The van der Waals surface area contributed by atoms with Crippen LogP contribution in [0.4, 0.5) is 0 Å². The second kappa shape index (κ2) is 6.25. The Morgan fingerprint density at radius 2 is 2.00 bits per heavy atom. The van der Waals surface area contributed by atoms with Crippen LogP contribution in [0.5, 0.6) is 0 Å². The Balaban J connectivity index is 2.47. The lowest BCUT2D eigenvalue weighted by molar-refractivity contribution is 0.0683. The average molecular weight is 272 g/mol. The van der Waals surface area contributed by atoms with Gasteiger partial charge in [-0.25, -0.2) is 14.8 Å². The summed E-state index contributed by atoms with van der Waals surface area (Å²) in [6.07, 6.45) is -0.459. The molecule has 104 valence electrons. The quantitative estimate of drug-likeness (QED) is 0.905. The highest BCUT2D eigenvalue weighted by Gasteiger charge is 2.19. The number of aromatic carboxylic acids is 1. The molecule has 20 heavy (non-hydrogen) atoms. The van der Waals surface area contributed by atoms with E-state index in [2.05, 4.69) is 9.97 Å². The number of ether oxygens (including phenoxy) is 1. The lowest BCUT2D eigenvalue weighted by Crippen LogP contribution is -2.14. The van der Waals surface area contributed by atoms with Gasteiger partial charge in [-0.15, -0.1) is 0 Å². The van der Waals surface area contributed by atoms with Gasteiger partial charge in [0, 0.05) is 12.3 Å². The van der Waals surface area contributed by atoms with Crippen molar-refractivity contribution < 1.29 is 14.6 Å². The highest BCUT2D eigenvalue weighted by atomic mass is 16.5. The van der Waals surface area contributed by atoms with Gasteiger partial charge in [-0.1, -0.05) is 30.3 Å². The highest BCUT2D eigenvalue weighted by molar-refractivity contribution is 5.85. The van der Waals surface area contributed by atoms with Gasteiger partial charge in [-0.3, -0.25) is 0 Å². The molecule has 1 N–H and O–H groups in total. The van der Waals surface area contributed by atoms with Crippen molar-refractivity contribution in [2.24, 2.45) is 0 Å². The second-order valence-corrected chi connectivity index (χ2v) is 4.30. The summed E-state index contributed by atoms with van der Waals surface area (Å²) in [5, 5.41) is 9.08. The first-order chi connectivity index (χ1) is 9.61. The van der Waals surface area contributed by atoms with Crippen LogP contribution in [0, 0.1) is 6.92 Å². The van der Waals surface area contributed by atoms with Crippen LogP contribution in [0.1, 0.15) is 40.6 Å². The molecule has 0 saturated heterocycles. The SMILES string of the molecule is CCOC(c1ccccc1)c1nc(C)cc(C(=O)O)n1. The third-order valence-electron chi connectivity index (χ3n) is 2.76. The zero-order chi connectivity index (χ0) is 14.5. The van der Waals surface area contributed by atoms with Crippen molar-refractivity contribution in [2.45, 2.75) is 20.0 Å². The smallest absolute Gasteiger partial charge is 0.354 e. The molecule has 1 heterocycles. The molecule has 0 bridgehead atoms. The fourth-order valence-electron chi connectivity index (χ4n) is 1.93. The van der Waals surface area contributed by atoms with Crippen LogP contribution in [-0.2, 0) is 4.74 Å². The van der Waals surface area contributed by atoms with E-state index in [0.29, 0.717) is 18.1 Å². The summed E-state index contributed by atoms with van der Waals surface area (Å²) in [4.78, 5) is 19.5. The number of aromatic nitrogens is 2. The molecule has 5 nitrogen and oxygen atoms in total. The summed E-state index contributed by atoms with van der Waals surface area (Å²) in [6, 6.07) is 11.0. The maximum absolute atomic E-state index is 11.1. The Morgan fingerprint density at radius 3 is 2.60 bits per heavy atom. The molecule has 0 fully saturated rings. The van der Waals surface area contributed by atoms with E-state index in [1.807, 2.05) is 37.3 Å². The van der Waals surface area contributed by atoms with Crippen molar-refractivity contribution in [1.82, 2.24) is 9.97 Å². The number of benzene rings is 1. The maximum Gasteiger partial charge on any atom is 0.354 e. The molecule has 0 aliphatic heterocycles. The van der Waals surface area contributed by atoms with Gasteiger partial charge in [0.05, 0.1) is 0 Å². The number of nitrogens with zero attached hydrogens (tertiary/aromatic N) is 2. The molecule has 2 rings (SSSR count). The zero-order valence-corrected chi connectivity index (χ0v) is 11.4. The highest BCUT2D eigenvalue weighted by Crippen LogP contribution is 2.23. The maximum atomic E-state index is 11.1. The monoisotopic (exact) mass is 272 g/mol. The van der Waals surface area contributed by atoms with Crippen molar-refractivity contribution >= 4 is 5.97 Å². The van der Waals surface area contributed by atoms with Crippen molar-refractivity contribution in [2.75, 3.05) is 6.61 Å². The van der Waals surface area contributed by atoms with Gasteiger partial charge in [-0.05, 0) is 25.5 Å². The van der Waals surface area contributed by atoms with Crippen LogP contribution in [0.3, 0.4) is 0 Å². The molecule has 0 saturated carbocycles. The first kappa shape index (κ1) is 14.1. The molecule has 2 aromatic rings. The van der Waals surface area contributed by atoms with Gasteiger partial charge in [0.15, 0.2) is 11.5 Å². The molecule has 1 aromatic heterocycles. The summed E-state index contributed by atoms with van der Waals surface area (Å²) in [5.74, 6) is -0.699. The Labute approximate surface area is 117 Å². The van der Waals surface area contributed by atoms with E-state index >= 15 is 0 Å². The first-order valence-electron chi connectivity index (χ1n) is 6.37. The minimum atomic E-state index is -1.07. The Kier molecular flexibility index (Phi) is 4.42. The van der Waals surface area contributed by atoms with Gasteiger partial charge >= 0.3 is 5.97 Å². The van der Waals surface area contributed by atoms with Crippen molar-refractivity contribution in [3.8, 4) is 0 Å². The summed E-state index contributed by atoms with van der Waals surface area (Å²) in [7, 11) is 0. The van der Waals surface area contributed by atoms with Crippen molar-refractivity contribution in [3.05, 3.63) is 59.2 Å². The number of carboxylic acids is 1. The molecular formula is C15H16N2O3. The molecule has 5 heteroatoms. The van der Waals surface area contributed by atoms with E-state index in [1.54, 1.807) is 6.92 Å². The van der Waals surface area contributed by atoms with E-state index < -0.39 is 12.1 Å². The molecule has 0 radical (unpaired) electrons. The number of carboxylic acid groups (broad SMARTS) is 1. The number of hydrogen-bond donors (Lipinski definition) is 1. The Morgan fingerprint density at radius 1 is 1.30 bits per heavy atom. The fraction of sp³-hybridized carbons (Fsp3) is 0.267. The predicted molar refractivity (Wildman–Crippen MR) is 73.6 cm³/mol. The number of carbonyl (C=O) groups is 1. The van der Waals surface area contributed by atoms with E-state index in [9.17, 15) is 4.79 Å². The molecule has 0 aliphatic rings. The minimum absolute atomic E-state index is 0.0202. The van der Waals surface area contributed by atoms with Gasteiger partial charge in [-0.2, -0.15) is 0 Å². The number of aryl methyl sites for hydroxylation is 1. The lowest BCUT2D eigenvalue weighted by atomic mass is 10.1. The molecule has 1 atom stereocenters. The van der Waals surface area contributed by atoms with Gasteiger partial charge in [0.25, 0.3) is 0 Å². The van der Waals surface area contributed by atoms with E-state index in [-0.39, 0.29) is 5.69 Å². The zero-order valence-electron chi connectivity index (χ0n) is 11.4. The molecule has 1 aromatic carbocycles. The molecule has 0 amide bonds. The summed E-state index contributed by atoms with van der Waals surface area (Å²) in [6.45, 7) is 4.11. The van der Waals surface area contributed by atoms with Crippen LogP contribution in [-0.4, -0.2) is 27.7 Å². The molecular weight excluding hydrogens is 256 g/mol. The molecule has 0 aliphatic carbocycles. The average Bonchev–Trinajstić information content (AvgIpc) is 2.45. The van der Waals surface area contributed by atoms with Gasteiger partial charge in [0.1, 0.15) is 6.10 Å².